The molecule has 1 aliphatic heterocycles. The summed E-state index contributed by atoms with van der Waals surface area (Å²) < 4.78 is 32.3. The highest BCUT2D eigenvalue weighted by Gasteiger charge is 2.29. The molecule has 9 heteroatoms. The van der Waals surface area contributed by atoms with E-state index >= 15 is 0 Å². The van der Waals surface area contributed by atoms with E-state index in [1.54, 1.807) is 24.6 Å². The lowest BCUT2D eigenvalue weighted by molar-refractivity contribution is 0.384. The molecule has 0 N–H and O–H groups in total. The summed E-state index contributed by atoms with van der Waals surface area (Å²) in [6.07, 6.45) is 0. The number of rotatable bonds is 5. The maximum atomic E-state index is 12.6. The van der Waals surface area contributed by atoms with E-state index in [1.165, 1.54) is 15.6 Å². The van der Waals surface area contributed by atoms with Crippen molar-refractivity contribution >= 4 is 27.2 Å². The van der Waals surface area contributed by atoms with Crippen molar-refractivity contribution in [3.63, 3.8) is 0 Å². The highest BCUT2D eigenvalue weighted by Crippen LogP contribution is 2.24. The average Bonchev–Trinajstić information content (AvgIpc) is 3.30. The van der Waals surface area contributed by atoms with Gasteiger partial charge in [0.15, 0.2) is 5.82 Å². The first-order chi connectivity index (χ1) is 13.6. The molecule has 0 bridgehead atoms. The van der Waals surface area contributed by atoms with E-state index < -0.39 is 10.0 Å². The molecule has 0 unspecified atom stereocenters. The highest BCUT2D eigenvalue weighted by molar-refractivity contribution is 7.91. The molecule has 1 saturated heterocycles. The molecular formula is C19H20N4O3S2. The first-order valence-corrected chi connectivity index (χ1v) is 11.2. The number of hydrogen-bond donors (Lipinski definition) is 0. The number of thiophene rings is 1. The molecule has 0 radical (unpaired) electrons. The number of sulfonamides is 1. The fraction of sp³-hybridized carbons (Fsp3) is 0.263. The molecule has 1 aliphatic rings. The number of methoxy groups -OCH3 is 1. The first-order valence-electron chi connectivity index (χ1n) is 8.85. The Hall–Kier alpha value is -2.49. The lowest BCUT2D eigenvalue weighted by Gasteiger charge is -2.34. The monoisotopic (exact) mass is 416 g/mol. The fourth-order valence-corrected chi connectivity index (χ4v) is 5.67. The molecule has 2 aromatic heterocycles. The zero-order chi connectivity index (χ0) is 19.6. The normalized spacial score (nSPS) is 15.5. The average molecular weight is 417 g/mol. The lowest BCUT2D eigenvalue weighted by atomic mass is 10.1. The van der Waals surface area contributed by atoms with E-state index in [0.29, 0.717) is 30.4 Å². The maximum absolute atomic E-state index is 12.6. The Balaban J connectivity index is 1.42. The van der Waals surface area contributed by atoms with Gasteiger partial charge in [0.05, 0.1) is 12.8 Å². The second kappa shape index (κ2) is 7.86. The van der Waals surface area contributed by atoms with Gasteiger partial charge in [0.2, 0.25) is 0 Å². The fourth-order valence-electron chi connectivity index (χ4n) is 3.10. The molecular weight excluding hydrogens is 396 g/mol. The quantitative estimate of drug-likeness (QED) is 0.637. The molecule has 3 aromatic rings. The molecule has 4 rings (SSSR count). The second-order valence-corrected chi connectivity index (χ2v) is 9.44. The Labute approximate surface area is 168 Å². The van der Waals surface area contributed by atoms with Crippen molar-refractivity contribution in [1.29, 1.82) is 0 Å². The van der Waals surface area contributed by atoms with Gasteiger partial charge >= 0.3 is 0 Å². The molecule has 0 atom stereocenters. The Morgan fingerprint density at radius 3 is 2.29 bits per heavy atom. The van der Waals surface area contributed by atoms with Gasteiger partial charge in [-0.1, -0.05) is 6.07 Å². The third-order valence-corrected chi connectivity index (χ3v) is 7.96. The summed E-state index contributed by atoms with van der Waals surface area (Å²) >= 11 is 1.25. The minimum Gasteiger partial charge on any atom is -0.497 e. The predicted molar refractivity (Wildman–Crippen MR) is 109 cm³/mol. The van der Waals surface area contributed by atoms with Gasteiger partial charge in [-0.25, -0.2) is 8.42 Å². The minimum atomic E-state index is -3.39. The Bertz CT molecular complexity index is 1010. The largest absolute Gasteiger partial charge is 0.497 e. The molecule has 3 heterocycles. The summed E-state index contributed by atoms with van der Waals surface area (Å²) in [5.74, 6) is 1.55. The van der Waals surface area contributed by atoms with Crippen LogP contribution in [0, 0.1) is 0 Å². The third-order valence-electron chi connectivity index (χ3n) is 4.69. The van der Waals surface area contributed by atoms with E-state index in [-0.39, 0.29) is 0 Å². The van der Waals surface area contributed by atoms with Crippen LogP contribution in [-0.2, 0) is 10.0 Å². The van der Waals surface area contributed by atoms with Crippen molar-refractivity contribution < 1.29 is 13.2 Å². The second-order valence-electron chi connectivity index (χ2n) is 6.33. The summed E-state index contributed by atoms with van der Waals surface area (Å²) in [6.45, 7) is 2.03. The van der Waals surface area contributed by atoms with Crippen LogP contribution in [0.15, 0.2) is 58.1 Å². The summed E-state index contributed by atoms with van der Waals surface area (Å²) in [5, 5.41) is 10.4. The standard InChI is InChI=1S/C19H20N4O3S2/c1-26-16-6-4-15(5-7-16)17-8-9-18(21-20-17)22-10-12-23(13-11-22)28(24,25)19-3-2-14-27-19/h2-9,14H,10-13H2,1H3. The highest BCUT2D eigenvalue weighted by atomic mass is 32.2. The molecule has 1 aromatic carbocycles. The number of benzene rings is 1. The van der Waals surface area contributed by atoms with Crippen LogP contribution in [0.5, 0.6) is 5.75 Å². The summed E-state index contributed by atoms with van der Waals surface area (Å²) in [6, 6.07) is 14.9. The van der Waals surface area contributed by atoms with Crippen molar-refractivity contribution in [2.45, 2.75) is 4.21 Å². The van der Waals surface area contributed by atoms with Crippen LogP contribution in [-0.4, -0.2) is 56.2 Å². The van der Waals surface area contributed by atoms with Crippen LogP contribution in [0.25, 0.3) is 11.3 Å². The van der Waals surface area contributed by atoms with Crippen LogP contribution < -0.4 is 9.64 Å². The number of ether oxygens (including phenoxy) is 1. The molecule has 146 valence electrons. The van der Waals surface area contributed by atoms with E-state index in [1.807, 2.05) is 36.4 Å². The van der Waals surface area contributed by atoms with Gasteiger partial charge < -0.3 is 9.64 Å². The zero-order valence-electron chi connectivity index (χ0n) is 15.4. The van der Waals surface area contributed by atoms with Gasteiger partial charge in [0, 0.05) is 31.7 Å². The Kier molecular flexibility index (Phi) is 5.29. The van der Waals surface area contributed by atoms with E-state index in [9.17, 15) is 8.42 Å². The number of piperazine rings is 1. The Morgan fingerprint density at radius 2 is 1.71 bits per heavy atom. The molecule has 0 spiro atoms. The molecule has 7 nitrogen and oxygen atoms in total. The molecule has 28 heavy (non-hydrogen) atoms. The van der Waals surface area contributed by atoms with Crippen molar-refractivity contribution in [2.75, 3.05) is 38.2 Å². The zero-order valence-corrected chi connectivity index (χ0v) is 17.0. The SMILES string of the molecule is COc1ccc(-c2ccc(N3CCN(S(=O)(=O)c4cccs4)CC3)nn2)cc1. The molecule has 0 aliphatic carbocycles. The summed E-state index contributed by atoms with van der Waals surface area (Å²) in [5.41, 5.74) is 1.75. The van der Waals surface area contributed by atoms with Crippen LogP contribution in [0.4, 0.5) is 5.82 Å². The lowest BCUT2D eigenvalue weighted by Crippen LogP contribution is -2.48. The smallest absolute Gasteiger partial charge is 0.252 e. The van der Waals surface area contributed by atoms with Gasteiger partial charge in [-0.3, -0.25) is 0 Å². The van der Waals surface area contributed by atoms with Crippen molar-refractivity contribution in [3.05, 3.63) is 53.9 Å². The van der Waals surface area contributed by atoms with E-state index in [2.05, 4.69) is 15.1 Å². The molecule has 0 amide bonds. The maximum Gasteiger partial charge on any atom is 0.252 e. The third kappa shape index (κ3) is 3.73. The molecule has 0 saturated carbocycles. The topological polar surface area (TPSA) is 75.6 Å². The first kappa shape index (κ1) is 18.9. The summed E-state index contributed by atoms with van der Waals surface area (Å²) in [7, 11) is -1.76. The van der Waals surface area contributed by atoms with E-state index in [4.69, 9.17) is 4.74 Å². The van der Waals surface area contributed by atoms with Crippen molar-refractivity contribution in [1.82, 2.24) is 14.5 Å². The Morgan fingerprint density at radius 1 is 0.964 bits per heavy atom. The van der Waals surface area contributed by atoms with E-state index in [0.717, 1.165) is 22.8 Å². The van der Waals surface area contributed by atoms with Crippen molar-refractivity contribution in [3.8, 4) is 17.0 Å². The predicted octanol–water partition coefficient (Wildman–Crippen LogP) is 2.72. The van der Waals surface area contributed by atoms with Gasteiger partial charge in [-0.05, 0) is 47.8 Å². The van der Waals surface area contributed by atoms with Gasteiger partial charge in [0.25, 0.3) is 10.0 Å². The van der Waals surface area contributed by atoms with Crippen LogP contribution in [0.2, 0.25) is 0 Å². The number of anilines is 1. The van der Waals surface area contributed by atoms with Gasteiger partial charge in [0.1, 0.15) is 9.96 Å². The van der Waals surface area contributed by atoms with Crippen LogP contribution in [0.3, 0.4) is 0 Å². The minimum absolute atomic E-state index is 0.393. The van der Waals surface area contributed by atoms with Gasteiger partial charge in [-0.15, -0.1) is 21.5 Å². The molecule has 1 fully saturated rings. The van der Waals surface area contributed by atoms with Gasteiger partial charge in [-0.2, -0.15) is 4.31 Å². The number of nitrogens with zero attached hydrogens (tertiary/aromatic N) is 4. The number of aromatic nitrogens is 2. The van der Waals surface area contributed by atoms with Crippen molar-refractivity contribution in [2.24, 2.45) is 0 Å². The summed E-state index contributed by atoms with van der Waals surface area (Å²) in [4.78, 5) is 2.06. The van der Waals surface area contributed by atoms with Crippen LogP contribution in [0.1, 0.15) is 0 Å². The number of hydrogen-bond acceptors (Lipinski definition) is 7. The van der Waals surface area contributed by atoms with Crippen LogP contribution >= 0.6 is 11.3 Å².